The second-order valence-electron chi connectivity index (χ2n) is 4.13. The van der Waals surface area contributed by atoms with Crippen molar-refractivity contribution in [3.05, 3.63) is 35.6 Å². The van der Waals surface area contributed by atoms with Crippen LogP contribution in [0.15, 0.2) is 24.3 Å². The van der Waals surface area contributed by atoms with Gasteiger partial charge in [0, 0.05) is 18.7 Å². The summed E-state index contributed by atoms with van der Waals surface area (Å²) in [5, 5.41) is 3.00. The maximum Gasteiger partial charge on any atom is 0.233 e. The van der Waals surface area contributed by atoms with E-state index in [1.165, 1.54) is 17.8 Å². The number of benzene rings is 1. The molecular formula is C13H17FN2OS. The van der Waals surface area contributed by atoms with Crippen molar-refractivity contribution in [2.24, 2.45) is 0 Å². The molecule has 1 N–H and O–H groups in total. The minimum atomic E-state index is -0.238. The molecule has 1 unspecified atom stereocenters. The number of rotatable bonds is 5. The molecule has 0 radical (unpaired) electrons. The predicted molar refractivity (Wildman–Crippen MR) is 71.9 cm³/mol. The van der Waals surface area contributed by atoms with Crippen molar-refractivity contribution in [3.8, 4) is 0 Å². The molecule has 18 heavy (non-hydrogen) atoms. The van der Waals surface area contributed by atoms with E-state index >= 15 is 0 Å². The Hall–Kier alpha value is -1.07. The van der Waals surface area contributed by atoms with E-state index in [1.807, 2.05) is 13.0 Å². The number of likely N-dealkylation sites (N-methyl/N-ethyl adjacent to an activating group) is 1. The summed E-state index contributed by atoms with van der Waals surface area (Å²) < 4.78 is 13.8. The maximum absolute atomic E-state index is 13.8. The summed E-state index contributed by atoms with van der Waals surface area (Å²) in [6.45, 7) is 4.26. The highest BCUT2D eigenvalue weighted by Gasteiger charge is 2.33. The van der Waals surface area contributed by atoms with Crippen LogP contribution in [-0.4, -0.2) is 36.2 Å². The number of hydrogen-bond acceptors (Lipinski definition) is 3. The van der Waals surface area contributed by atoms with Crippen LogP contribution in [0, 0.1) is 5.82 Å². The van der Waals surface area contributed by atoms with Crippen molar-refractivity contribution < 1.29 is 9.18 Å². The van der Waals surface area contributed by atoms with Crippen molar-refractivity contribution >= 4 is 17.7 Å². The first kappa shape index (κ1) is 13.4. The van der Waals surface area contributed by atoms with E-state index in [0.717, 1.165) is 13.1 Å². The molecule has 0 aliphatic carbocycles. The van der Waals surface area contributed by atoms with Crippen molar-refractivity contribution in [1.29, 1.82) is 0 Å². The highest BCUT2D eigenvalue weighted by Crippen LogP contribution is 2.39. The molecule has 1 aliphatic rings. The molecule has 0 bridgehead atoms. The summed E-state index contributed by atoms with van der Waals surface area (Å²) >= 11 is 1.49. The Morgan fingerprint density at radius 3 is 3.00 bits per heavy atom. The highest BCUT2D eigenvalue weighted by atomic mass is 32.2. The number of hydrogen-bond donors (Lipinski definition) is 1. The SMILES string of the molecule is CCNCCN1C(=O)CSC1c1ccccc1F. The Bertz CT molecular complexity index is 427. The quantitative estimate of drug-likeness (QED) is 0.829. The summed E-state index contributed by atoms with van der Waals surface area (Å²) in [7, 11) is 0. The van der Waals surface area contributed by atoms with Gasteiger partial charge in [-0.25, -0.2) is 4.39 Å². The molecule has 1 aromatic carbocycles. The van der Waals surface area contributed by atoms with Gasteiger partial charge < -0.3 is 10.2 Å². The summed E-state index contributed by atoms with van der Waals surface area (Å²) in [5.74, 6) is 0.287. The van der Waals surface area contributed by atoms with Crippen molar-refractivity contribution in [1.82, 2.24) is 10.2 Å². The van der Waals surface area contributed by atoms with Crippen molar-refractivity contribution in [2.45, 2.75) is 12.3 Å². The molecule has 1 amide bonds. The first-order valence-corrected chi connectivity index (χ1v) is 7.15. The normalized spacial score (nSPS) is 19.6. The Balaban J connectivity index is 2.11. The predicted octanol–water partition coefficient (Wildman–Crippen LogP) is 2.01. The number of carbonyl (C=O) groups excluding carboxylic acids is 1. The van der Waals surface area contributed by atoms with E-state index < -0.39 is 0 Å². The number of carbonyl (C=O) groups is 1. The lowest BCUT2D eigenvalue weighted by molar-refractivity contribution is -0.128. The lowest BCUT2D eigenvalue weighted by Crippen LogP contribution is -2.35. The third kappa shape index (κ3) is 2.84. The van der Waals surface area contributed by atoms with Gasteiger partial charge in [-0.3, -0.25) is 4.79 Å². The summed E-state index contributed by atoms with van der Waals surface area (Å²) in [6.07, 6.45) is 0. The minimum absolute atomic E-state index is 0.0890. The van der Waals surface area contributed by atoms with Gasteiger partial charge in [0.2, 0.25) is 5.91 Å². The Morgan fingerprint density at radius 2 is 2.28 bits per heavy atom. The van der Waals surface area contributed by atoms with Crippen LogP contribution in [0.3, 0.4) is 0 Å². The van der Waals surface area contributed by atoms with Gasteiger partial charge in [0.25, 0.3) is 0 Å². The van der Waals surface area contributed by atoms with Crippen LogP contribution in [0.2, 0.25) is 0 Å². The molecule has 3 nitrogen and oxygen atoms in total. The Kier molecular flexibility index (Phi) is 4.60. The van der Waals surface area contributed by atoms with Gasteiger partial charge in [-0.1, -0.05) is 25.1 Å². The van der Waals surface area contributed by atoms with E-state index in [4.69, 9.17) is 0 Å². The van der Waals surface area contributed by atoms with Crippen LogP contribution in [0.25, 0.3) is 0 Å². The van der Waals surface area contributed by atoms with Gasteiger partial charge in [0.15, 0.2) is 0 Å². The van der Waals surface area contributed by atoms with Gasteiger partial charge in [-0.15, -0.1) is 11.8 Å². The third-order valence-electron chi connectivity index (χ3n) is 2.92. The number of nitrogens with zero attached hydrogens (tertiary/aromatic N) is 1. The number of nitrogens with one attached hydrogen (secondary N) is 1. The zero-order chi connectivity index (χ0) is 13.0. The fourth-order valence-corrected chi connectivity index (χ4v) is 3.25. The molecule has 98 valence electrons. The second kappa shape index (κ2) is 6.20. The molecule has 2 rings (SSSR count). The Labute approximate surface area is 111 Å². The molecule has 0 spiro atoms. The zero-order valence-corrected chi connectivity index (χ0v) is 11.2. The first-order valence-electron chi connectivity index (χ1n) is 6.10. The summed E-state index contributed by atoms with van der Waals surface area (Å²) in [4.78, 5) is 13.6. The van der Waals surface area contributed by atoms with Crippen LogP contribution in [-0.2, 0) is 4.79 Å². The highest BCUT2D eigenvalue weighted by molar-refractivity contribution is 8.00. The topological polar surface area (TPSA) is 32.3 Å². The minimum Gasteiger partial charge on any atom is -0.324 e. The van der Waals surface area contributed by atoms with E-state index in [9.17, 15) is 9.18 Å². The fraction of sp³-hybridized carbons (Fsp3) is 0.462. The van der Waals surface area contributed by atoms with Gasteiger partial charge >= 0.3 is 0 Å². The molecule has 1 atom stereocenters. The van der Waals surface area contributed by atoms with E-state index in [-0.39, 0.29) is 17.1 Å². The lowest BCUT2D eigenvalue weighted by atomic mass is 10.2. The zero-order valence-electron chi connectivity index (χ0n) is 10.4. The number of halogens is 1. The smallest absolute Gasteiger partial charge is 0.233 e. The Morgan fingerprint density at radius 1 is 1.50 bits per heavy atom. The van der Waals surface area contributed by atoms with Gasteiger partial charge in [-0.05, 0) is 12.6 Å². The molecule has 1 saturated heterocycles. The average molecular weight is 268 g/mol. The molecule has 1 heterocycles. The van der Waals surface area contributed by atoms with Gasteiger partial charge in [0.05, 0.1) is 5.75 Å². The lowest BCUT2D eigenvalue weighted by Gasteiger charge is -2.24. The molecule has 1 aromatic rings. The first-order chi connectivity index (χ1) is 8.74. The van der Waals surface area contributed by atoms with Crippen LogP contribution in [0.4, 0.5) is 4.39 Å². The van der Waals surface area contributed by atoms with Crippen LogP contribution < -0.4 is 5.32 Å². The monoisotopic (exact) mass is 268 g/mol. The molecule has 0 saturated carbocycles. The molecule has 1 aliphatic heterocycles. The standard InChI is InChI=1S/C13H17FN2OS/c1-2-15-7-8-16-12(17)9-18-13(16)10-5-3-4-6-11(10)14/h3-6,13,15H,2,7-9H2,1H3. The average Bonchev–Trinajstić information content (AvgIpc) is 2.72. The van der Waals surface area contributed by atoms with Crippen LogP contribution >= 0.6 is 11.8 Å². The van der Waals surface area contributed by atoms with Crippen LogP contribution in [0.1, 0.15) is 17.9 Å². The van der Waals surface area contributed by atoms with Crippen molar-refractivity contribution in [2.75, 3.05) is 25.4 Å². The van der Waals surface area contributed by atoms with Gasteiger partial charge in [0.1, 0.15) is 11.2 Å². The molecular weight excluding hydrogens is 251 g/mol. The molecule has 5 heteroatoms. The summed E-state index contributed by atoms with van der Waals surface area (Å²) in [6, 6.07) is 6.68. The maximum atomic E-state index is 13.8. The number of amides is 1. The van der Waals surface area contributed by atoms with E-state index in [2.05, 4.69) is 5.32 Å². The number of thioether (sulfide) groups is 1. The molecule has 1 fully saturated rings. The second-order valence-corrected chi connectivity index (χ2v) is 5.19. The van der Waals surface area contributed by atoms with E-state index in [0.29, 0.717) is 17.9 Å². The summed E-state index contributed by atoms with van der Waals surface area (Å²) in [5.41, 5.74) is 0.602. The van der Waals surface area contributed by atoms with Crippen LogP contribution in [0.5, 0.6) is 0 Å². The molecule has 0 aromatic heterocycles. The third-order valence-corrected chi connectivity index (χ3v) is 4.16. The van der Waals surface area contributed by atoms with Crippen molar-refractivity contribution in [3.63, 3.8) is 0 Å². The van der Waals surface area contributed by atoms with E-state index in [1.54, 1.807) is 17.0 Å². The largest absolute Gasteiger partial charge is 0.324 e. The fourth-order valence-electron chi connectivity index (χ4n) is 2.01. The van der Waals surface area contributed by atoms with Gasteiger partial charge in [-0.2, -0.15) is 0 Å².